The van der Waals surface area contributed by atoms with Crippen LogP contribution in [0.25, 0.3) is 0 Å². The van der Waals surface area contributed by atoms with Crippen molar-refractivity contribution in [1.29, 1.82) is 0 Å². The molecule has 0 fully saturated rings. The number of unbranched alkanes of at least 4 members (excludes halogenated alkanes) is 1. The van der Waals surface area contributed by atoms with Gasteiger partial charge in [0.15, 0.2) is 5.78 Å². The highest BCUT2D eigenvalue weighted by Crippen LogP contribution is 2.05. The molecule has 1 aromatic rings. The van der Waals surface area contributed by atoms with Crippen LogP contribution in [0.2, 0.25) is 0 Å². The molecular weight excluding hydrogens is 258 g/mol. The zero-order valence-corrected chi connectivity index (χ0v) is 11.8. The van der Waals surface area contributed by atoms with Crippen LogP contribution < -0.4 is 5.32 Å². The van der Waals surface area contributed by atoms with E-state index >= 15 is 0 Å². The fourth-order valence-corrected chi connectivity index (χ4v) is 1.66. The summed E-state index contributed by atoms with van der Waals surface area (Å²) in [6.45, 7) is 1.99. The third-order valence-electron chi connectivity index (χ3n) is 2.87. The number of Topliss-reactive ketones (excluding diaryl/α,β-unsaturated/α-hetero) is 1. The van der Waals surface area contributed by atoms with Crippen molar-refractivity contribution in [3.05, 3.63) is 35.4 Å². The largest absolute Gasteiger partial charge is 0.469 e. The van der Waals surface area contributed by atoms with E-state index in [0.29, 0.717) is 36.9 Å². The fourth-order valence-electron chi connectivity index (χ4n) is 1.66. The lowest BCUT2D eigenvalue weighted by Gasteiger charge is -2.05. The number of ether oxygens (including phenoxy) is 1. The minimum atomic E-state index is -0.240. The number of hydrogen-bond acceptors (Lipinski definition) is 4. The van der Waals surface area contributed by atoms with Gasteiger partial charge in [0.25, 0.3) is 5.91 Å². The van der Waals surface area contributed by atoms with Gasteiger partial charge in [-0.15, -0.1) is 0 Å². The van der Waals surface area contributed by atoms with Crippen LogP contribution in [0.15, 0.2) is 24.3 Å². The topological polar surface area (TPSA) is 72.5 Å². The maximum absolute atomic E-state index is 11.8. The third kappa shape index (κ3) is 5.22. The second kappa shape index (κ2) is 8.09. The van der Waals surface area contributed by atoms with E-state index in [-0.39, 0.29) is 17.7 Å². The second-order valence-electron chi connectivity index (χ2n) is 4.42. The first-order chi connectivity index (χ1) is 9.54. The summed E-state index contributed by atoms with van der Waals surface area (Å²) in [6.07, 6.45) is 1.75. The summed E-state index contributed by atoms with van der Waals surface area (Å²) >= 11 is 0. The normalized spacial score (nSPS) is 9.90. The Bertz CT molecular complexity index is 479. The molecule has 1 N–H and O–H groups in total. The van der Waals surface area contributed by atoms with Crippen molar-refractivity contribution in [1.82, 2.24) is 5.32 Å². The van der Waals surface area contributed by atoms with Gasteiger partial charge in [-0.25, -0.2) is 0 Å². The first-order valence-electron chi connectivity index (χ1n) is 6.50. The van der Waals surface area contributed by atoms with Gasteiger partial charge in [0, 0.05) is 24.1 Å². The summed E-state index contributed by atoms with van der Waals surface area (Å²) in [5, 5.41) is 2.76. The summed E-state index contributed by atoms with van der Waals surface area (Å²) in [7, 11) is 1.36. The Balaban J connectivity index is 2.32. The van der Waals surface area contributed by atoms with Gasteiger partial charge < -0.3 is 10.1 Å². The molecule has 0 radical (unpaired) electrons. The van der Waals surface area contributed by atoms with E-state index in [1.165, 1.54) is 14.0 Å². The number of benzene rings is 1. The van der Waals surface area contributed by atoms with Gasteiger partial charge in [0.05, 0.1) is 7.11 Å². The number of rotatable bonds is 7. The summed E-state index contributed by atoms with van der Waals surface area (Å²) in [6, 6.07) is 6.52. The smallest absolute Gasteiger partial charge is 0.305 e. The quantitative estimate of drug-likeness (QED) is 0.470. The predicted octanol–water partition coefficient (Wildman–Crippen LogP) is 1.96. The fraction of sp³-hybridized carbons (Fsp3) is 0.400. The van der Waals surface area contributed by atoms with Crippen molar-refractivity contribution in [3.8, 4) is 0 Å². The molecule has 0 atom stereocenters. The third-order valence-corrected chi connectivity index (χ3v) is 2.87. The van der Waals surface area contributed by atoms with Crippen molar-refractivity contribution in [2.45, 2.75) is 26.2 Å². The standard InChI is InChI=1S/C15H19NO4/c1-11(17)12-6-8-13(9-7-12)15(19)16-10-4-3-5-14(18)20-2/h6-9H,3-5,10H2,1-2H3,(H,16,19). The molecule has 0 saturated heterocycles. The molecule has 108 valence electrons. The molecule has 0 aliphatic rings. The minimum absolute atomic E-state index is 0.0280. The van der Waals surface area contributed by atoms with E-state index in [0.717, 1.165) is 0 Å². The Labute approximate surface area is 118 Å². The number of esters is 1. The van der Waals surface area contributed by atoms with Gasteiger partial charge in [-0.05, 0) is 31.9 Å². The number of carbonyl (C=O) groups is 3. The molecule has 0 spiro atoms. The summed E-state index contributed by atoms with van der Waals surface area (Å²) in [5.74, 6) is -0.450. The van der Waals surface area contributed by atoms with Crippen LogP contribution in [-0.4, -0.2) is 31.3 Å². The number of amides is 1. The van der Waals surface area contributed by atoms with Crippen LogP contribution >= 0.6 is 0 Å². The van der Waals surface area contributed by atoms with Crippen LogP contribution in [0.4, 0.5) is 0 Å². The summed E-state index contributed by atoms with van der Waals surface area (Å²) in [5.41, 5.74) is 1.10. The van der Waals surface area contributed by atoms with Crippen LogP contribution in [-0.2, 0) is 9.53 Å². The van der Waals surface area contributed by atoms with Crippen LogP contribution in [0.3, 0.4) is 0 Å². The van der Waals surface area contributed by atoms with Crippen molar-refractivity contribution in [2.24, 2.45) is 0 Å². The van der Waals surface area contributed by atoms with E-state index in [2.05, 4.69) is 10.1 Å². The Morgan fingerprint density at radius 1 is 1.05 bits per heavy atom. The Morgan fingerprint density at radius 2 is 1.65 bits per heavy atom. The molecule has 0 aliphatic carbocycles. The molecule has 5 heteroatoms. The van der Waals surface area contributed by atoms with Gasteiger partial charge in [-0.2, -0.15) is 0 Å². The maximum Gasteiger partial charge on any atom is 0.305 e. The van der Waals surface area contributed by atoms with Crippen LogP contribution in [0.5, 0.6) is 0 Å². The Hall–Kier alpha value is -2.17. The molecule has 0 heterocycles. The number of nitrogens with one attached hydrogen (secondary N) is 1. The monoisotopic (exact) mass is 277 g/mol. The van der Waals surface area contributed by atoms with Crippen molar-refractivity contribution in [2.75, 3.05) is 13.7 Å². The zero-order valence-electron chi connectivity index (χ0n) is 11.8. The van der Waals surface area contributed by atoms with E-state index in [4.69, 9.17) is 0 Å². The summed E-state index contributed by atoms with van der Waals surface area (Å²) in [4.78, 5) is 33.8. The zero-order chi connectivity index (χ0) is 15.0. The summed E-state index contributed by atoms with van der Waals surface area (Å²) < 4.78 is 4.52. The molecule has 0 bridgehead atoms. The van der Waals surface area contributed by atoms with Gasteiger partial charge >= 0.3 is 5.97 Å². The lowest BCUT2D eigenvalue weighted by Crippen LogP contribution is -2.24. The molecule has 1 aromatic carbocycles. The average molecular weight is 277 g/mol. The first kappa shape index (κ1) is 15.9. The van der Waals surface area contributed by atoms with Crippen LogP contribution in [0, 0.1) is 0 Å². The molecular formula is C15H19NO4. The maximum atomic E-state index is 11.8. The van der Waals surface area contributed by atoms with Gasteiger partial charge in [0.2, 0.25) is 0 Å². The van der Waals surface area contributed by atoms with Crippen molar-refractivity contribution in [3.63, 3.8) is 0 Å². The average Bonchev–Trinajstić information content (AvgIpc) is 2.46. The lowest BCUT2D eigenvalue weighted by molar-refractivity contribution is -0.140. The lowest BCUT2D eigenvalue weighted by atomic mass is 10.1. The van der Waals surface area contributed by atoms with Gasteiger partial charge in [0.1, 0.15) is 0 Å². The van der Waals surface area contributed by atoms with Gasteiger partial charge in [-0.1, -0.05) is 12.1 Å². The second-order valence-corrected chi connectivity index (χ2v) is 4.42. The molecule has 1 amide bonds. The van der Waals surface area contributed by atoms with Crippen molar-refractivity contribution < 1.29 is 19.1 Å². The Kier molecular flexibility index (Phi) is 6.43. The predicted molar refractivity (Wildman–Crippen MR) is 74.6 cm³/mol. The van der Waals surface area contributed by atoms with Crippen LogP contribution in [0.1, 0.15) is 46.9 Å². The number of carbonyl (C=O) groups excluding carboxylic acids is 3. The minimum Gasteiger partial charge on any atom is -0.469 e. The molecule has 0 aromatic heterocycles. The number of methoxy groups -OCH3 is 1. The molecule has 20 heavy (non-hydrogen) atoms. The van der Waals surface area contributed by atoms with Crippen molar-refractivity contribution >= 4 is 17.7 Å². The van der Waals surface area contributed by atoms with E-state index < -0.39 is 0 Å². The first-order valence-corrected chi connectivity index (χ1v) is 6.50. The van der Waals surface area contributed by atoms with Gasteiger partial charge in [-0.3, -0.25) is 14.4 Å². The Morgan fingerprint density at radius 3 is 2.20 bits per heavy atom. The highest BCUT2D eigenvalue weighted by Gasteiger charge is 2.06. The van der Waals surface area contributed by atoms with E-state index in [1.807, 2.05) is 0 Å². The molecule has 0 unspecified atom stereocenters. The molecule has 1 rings (SSSR count). The highest BCUT2D eigenvalue weighted by molar-refractivity contribution is 5.97. The number of hydrogen-bond donors (Lipinski definition) is 1. The number of ketones is 1. The molecule has 0 aliphatic heterocycles. The van der Waals surface area contributed by atoms with E-state index in [1.54, 1.807) is 24.3 Å². The molecule has 0 saturated carbocycles. The highest BCUT2D eigenvalue weighted by atomic mass is 16.5. The van der Waals surface area contributed by atoms with E-state index in [9.17, 15) is 14.4 Å². The SMILES string of the molecule is COC(=O)CCCCNC(=O)c1ccc(C(C)=O)cc1. The molecule has 5 nitrogen and oxygen atoms in total.